The fourth-order valence-electron chi connectivity index (χ4n) is 1.52. The van der Waals surface area contributed by atoms with E-state index in [2.05, 4.69) is 26.2 Å². The Morgan fingerprint density at radius 3 is 2.65 bits per heavy atom. The number of anilines is 1. The molecule has 0 aliphatic heterocycles. The molecule has 0 aliphatic carbocycles. The number of hydrogen-bond acceptors (Lipinski definition) is 2. The lowest BCUT2D eigenvalue weighted by molar-refractivity contribution is 1.01. The predicted octanol–water partition coefficient (Wildman–Crippen LogP) is 4.15. The topological polar surface area (TPSA) is 24.9 Å². The van der Waals surface area contributed by atoms with Crippen LogP contribution in [-0.4, -0.2) is 11.5 Å². The summed E-state index contributed by atoms with van der Waals surface area (Å²) in [6, 6.07) is 9.79. The molecule has 0 saturated heterocycles. The Bertz CT molecular complexity index is 488. The van der Waals surface area contributed by atoms with E-state index >= 15 is 0 Å². The number of pyridine rings is 1. The lowest BCUT2D eigenvalue weighted by Gasteiger charge is -2.08. The van der Waals surface area contributed by atoms with E-state index in [0.717, 1.165) is 28.1 Å². The highest BCUT2D eigenvalue weighted by Gasteiger charge is 1.99. The van der Waals surface area contributed by atoms with Gasteiger partial charge in [0.2, 0.25) is 0 Å². The molecular weight excluding hydrogens is 300 g/mol. The zero-order valence-electron chi connectivity index (χ0n) is 9.16. The first-order valence-corrected chi connectivity index (χ1v) is 6.50. The van der Waals surface area contributed by atoms with Crippen molar-refractivity contribution in [2.24, 2.45) is 0 Å². The predicted molar refractivity (Wildman–Crippen MR) is 75.6 cm³/mol. The summed E-state index contributed by atoms with van der Waals surface area (Å²) in [6.45, 7) is 0.879. The molecule has 0 amide bonds. The molecule has 0 atom stereocenters. The summed E-state index contributed by atoms with van der Waals surface area (Å²) in [7, 11) is 0. The van der Waals surface area contributed by atoms with Gasteiger partial charge in [-0.15, -0.1) is 0 Å². The molecule has 1 aromatic carbocycles. The monoisotopic (exact) mass is 310 g/mol. The van der Waals surface area contributed by atoms with Crippen molar-refractivity contribution in [2.45, 2.75) is 6.42 Å². The highest BCUT2D eigenvalue weighted by molar-refractivity contribution is 9.10. The highest BCUT2D eigenvalue weighted by atomic mass is 79.9. The van der Waals surface area contributed by atoms with E-state index < -0.39 is 0 Å². The van der Waals surface area contributed by atoms with E-state index in [1.807, 2.05) is 42.7 Å². The van der Waals surface area contributed by atoms with Crippen molar-refractivity contribution in [3.63, 3.8) is 0 Å². The van der Waals surface area contributed by atoms with Crippen LogP contribution in [0.3, 0.4) is 0 Å². The molecular formula is C13H12BrClN2. The molecule has 1 aromatic heterocycles. The molecule has 0 aliphatic rings. The smallest absolute Gasteiger partial charge is 0.0485 e. The van der Waals surface area contributed by atoms with Crippen LogP contribution in [0.25, 0.3) is 0 Å². The Hall–Kier alpha value is -1.06. The lowest BCUT2D eigenvalue weighted by atomic mass is 10.2. The van der Waals surface area contributed by atoms with Gasteiger partial charge in [0.1, 0.15) is 0 Å². The van der Waals surface area contributed by atoms with Crippen LogP contribution >= 0.6 is 27.5 Å². The van der Waals surface area contributed by atoms with Crippen molar-refractivity contribution in [1.82, 2.24) is 4.98 Å². The minimum absolute atomic E-state index is 0.733. The quantitative estimate of drug-likeness (QED) is 0.917. The first-order valence-electron chi connectivity index (χ1n) is 5.33. The molecule has 4 heteroatoms. The second-order valence-corrected chi connectivity index (χ2v) is 4.95. The number of halogens is 2. The van der Waals surface area contributed by atoms with Crippen LogP contribution in [0.4, 0.5) is 5.69 Å². The summed E-state index contributed by atoms with van der Waals surface area (Å²) in [5.74, 6) is 0. The number of aromatic nitrogens is 1. The van der Waals surface area contributed by atoms with Gasteiger partial charge in [-0.2, -0.15) is 0 Å². The van der Waals surface area contributed by atoms with Gasteiger partial charge in [-0.05, 0) is 58.2 Å². The fourth-order valence-corrected chi connectivity index (χ4v) is 2.35. The molecule has 0 saturated carbocycles. The third-order valence-corrected chi connectivity index (χ3v) is 3.30. The molecule has 2 nitrogen and oxygen atoms in total. The summed E-state index contributed by atoms with van der Waals surface area (Å²) in [6.07, 6.45) is 4.60. The van der Waals surface area contributed by atoms with Gasteiger partial charge in [-0.1, -0.05) is 11.6 Å². The van der Waals surface area contributed by atoms with Crippen molar-refractivity contribution >= 4 is 33.2 Å². The van der Waals surface area contributed by atoms with Gasteiger partial charge in [-0.3, -0.25) is 4.98 Å². The average molecular weight is 312 g/mol. The molecule has 1 N–H and O–H groups in total. The third-order valence-electron chi connectivity index (χ3n) is 2.41. The van der Waals surface area contributed by atoms with Gasteiger partial charge in [0.15, 0.2) is 0 Å². The van der Waals surface area contributed by atoms with Crippen molar-refractivity contribution in [3.8, 4) is 0 Å². The maximum absolute atomic E-state index is 5.88. The van der Waals surface area contributed by atoms with E-state index in [0.29, 0.717) is 0 Å². The molecule has 88 valence electrons. The molecule has 0 bridgehead atoms. The fraction of sp³-hybridized carbons (Fsp3) is 0.154. The summed E-state index contributed by atoms with van der Waals surface area (Å²) in [4.78, 5) is 3.99. The van der Waals surface area contributed by atoms with Crippen LogP contribution in [0.1, 0.15) is 5.56 Å². The van der Waals surface area contributed by atoms with Gasteiger partial charge in [-0.25, -0.2) is 0 Å². The molecule has 0 radical (unpaired) electrons. The summed E-state index contributed by atoms with van der Waals surface area (Å²) >= 11 is 9.36. The Morgan fingerprint density at radius 2 is 1.94 bits per heavy atom. The lowest BCUT2D eigenvalue weighted by Crippen LogP contribution is -2.05. The van der Waals surface area contributed by atoms with Crippen LogP contribution in [0, 0.1) is 0 Å². The third kappa shape index (κ3) is 3.72. The summed E-state index contributed by atoms with van der Waals surface area (Å²) in [5, 5.41) is 4.10. The van der Waals surface area contributed by atoms with Gasteiger partial charge < -0.3 is 5.32 Å². The van der Waals surface area contributed by atoms with Gasteiger partial charge in [0.05, 0.1) is 0 Å². The molecule has 1 heterocycles. The minimum Gasteiger partial charge on any atom is -0.384 e. The normalized spacial score (nSPS) is 10.2. The van der Waals surface area contributed by atoms with Crippen LogP contribution in [0.2, 0.25) is 5.02 Å². The molecule has 0 spiro atoms. The van der Waals surface area contributed by atoms with E-state index in [1.54, 1.807) is 0 Å². The van der Waals surface area contributed by atoms with Crippen molar-refractivity contribution in [1.29, 1.82) is 0 Å². The number of nitrogens with one attached hydrogen (secondary N) is 1. The van der Waals surface area contributed by atoms with E-state index in [9.17, 15) is 0 Å². The summed E-state index contributed by atoms with van der Waals surface area (Å²) in [5.41, 5.74) is 2.33. The Balaban J connectivity index is 1.90. The zero-order valence-corrected chi connectivity index (χ0v) is 11.5. The average Bonchev–Trinajstić information content (AvgIpc) is 2.33. The van der Waals surface area contributed by atoms with Crippen LogP contribution in [0.5, 0.6) is 0 Å². The minimum atomic E-state index is 0.733. The highest BCUT2D eigenvalue weighted by Crippen LogP contribution is 2.25. The molecule has 17 heavy (non-hydrogen) atoms. The zero-order chi connectivity index (χ0) is 12.1. The Kier molecular flexibility index (Phi) is 4.40. The van der Waals surface area contributed by atoms with Crippen molar-refractivity contribution < 1.29 is 0 Å². The van der Waals surface area contributed by atoms with Gasteiger partial charge in [0.25, 0.3) is 0 Å². The maximum Gasteiger partial charge on any atom is 0.0485 e. The molecule has 2 rings (SSSR count). The molecule has 0 unspecified atom stereocenters. The maximum atomic E-state index is 5.88. The van der Waals surface area contributed by atoms with Gasteiger partial charge >= 0.3 is 0 Å². The van der Waals surface area contributed by atoms with Crippen LogP contribution < -0.4 is 5.32 Å². The van der Waals surface area contributed by atoms with Crippen molar-refractivity contribution in [3.05, 3.63) is 57.8 Å². The molecule has 0 fully saturated rings. The second kappa shape index (κ2) is 6.03. The number of nitrogens with zero attached hydrogens (tertiary/aromatic N) is 1. The van der Waals surface area contributed by atoms with E-state index in [4.69, 9.17) is 11.6 Å². The van der Waals surface area contributed by atoms with Gasteiger partial charge in [0, 0.05) is 34.1 Å². The number of hydrogen-bond donors (Lipinski definition) is 1. The number of rotatable bonds is 4. The number of benzene rings is 1. The van der Waals surface area contributed by atoms with E-state index in [-0.39, 0.29) is 0 Å². The molecule has 2 aromatic rings. The standard InChI is InChI=1S/C13H12BrClN2/c14-12-9-11(15)1-2-13(12)17-8-5-10-3-6-16-7-4-10/h1-4,6-7,9,17H,5,8H2. The first-order chi connectivity index (χ1) is 8.25. The Labute approximate surface area is 114 Å². The second-order valence-electron chi connectivity index (χ2n) is 3.66. The SMILES string of the molecule is Clc1ccc(NCCc2ccncc2)c(Br)c1. The van der Waals surface area contributed by atoms with E-state index in [1.165, 1.54) is 5.56 Å². The first kappa shape index (κ1) is 12.4. The largest absolute Gasteiger partial charge is 0.384 e. The van der Waals surface area contributed by atoms with Crippen LogP contribution in [-0.2, 0) is 6.42 Å². The van der Waals surface area contributed by atoms with Crippen LogP contribution in [0.15, 0.2) is 47.2 Å². The Morgan fingerprint density at radius 1 is 1.18 bits per heavy atom. The van der Waals surface area contributed by atoms with Crippen molar-refractivity contribution in [2.75, 3.05) is 11.9 Å². The summed E-state index contributed by atoms with van der Waals surface area (Å²) < 4.78 is 0.986.